The fourth-order valence-corrected chi connectivity index (χ4v) is 4.19. The van der Waals surface area contributed by atoms with Gasteiger partial charge in [-0.15, -0.1) is 34.0 Å². The summed E-state index contributed by atoms with van der Waals surface area (Å²) in [6, 6.07) is 0. The van der Waals surface area contributed by atoms with Crippen LogP contribution in [0.4, 0.5) is 5.00 Å². The average molecular weight is 253 g/mol. The molecule has 0 bridgehead atoms. The third-order valence-electron chi connectivity index (χ3n) is 2.17. The van der Waals surface area contributed by atoms with Gasteiger partial charge in [-0.05, 0) is 6.92 Å². The normalized spacial score (nSPS) is 11.3. The van der Waals surface area contributed by atoms with Gasteiger partial charge in [-0.2, -0.15) is 0 Å². The van der Waals surface area contributed by atoms with E-state index in [2.05, 4.69) is 9.97 Å². The van der Waals surface area contributed by atoms with E-state index in [0.29, 0.717) is 0 Å². The van der Waals surface area contributed by atoms with E-state index in [1.807, 2.05) is 17.8 Å². The lowest BCUT2D eigenvalue weighted by Gasteiger charge is -1.88. The van der Waals surface area contributed by atoms with E-state index >= 15 is 0 Å². The third-order valence-corrected chi connectivity index (χ3v) is 5.04. The summed E-state index contributed by atoms with van der Waals surface area (Å²) < 4.78 is 1.19. The fraction of sp³-hybridized carbons (Fsp3) is 0.111. The van der Waals surface area contributed by atoms with Crippen LogP contribution in [-0.2, 0) is 0 Å². The summed E-state index contributed by atoms with van der Waals surface area (Å²) in [6.07, 6.45) is 0. The summed E-state index contributed by atoms with van der Waals surface area (Å²) in [5.74, 6) is 0. The number of nitrogens with two attached hydrogens (primary N) is 1. The Morgan fingerprint density at radius 1 is 1.33 bits per heavy atom. The zero-order chi connectivity index (χ0) is 10.4. The van der Waals surface area contributed by atoms with Crippen molar-refractivity contribution in [2.75, 3.05) is 5.73 Å². The maximum absolute atomic E-state index is 5.84. The van der Waals surface area contributed by atoms with Gasteiger partial charge in [-0.25, -0.2) is 9.97 Å². The van der Waals surface area contributed by atoms with Crippen molar-refractivity contribution in [3.8, 4) is 10.7 Å². The van der Waals surface area contributed by atoms with Crippen molar-refractivity contribution < 1.29 is 0 Å². The molecule has 0 unspecified atom stereocenters. The zero-order valence-corrected chi connectivity index (χ0v) is 10.3. The van der Waals surface area contributed by atoms with Crippen molar-refractivity contribution in [3.63, 3.8) is 0 Å². The first-order valence-corrected chi connectivity index (χ1v) is 6.87. The van der Waals surface area contributed by atoms with Crippen LogP contribution in [0, 0.1) is 6.92 Å². The largest absolute Gasteiger partial charge is 0.390 e. The Kier molecular flexibility index (Phi) is 2.01. The Hall–Kier alpha value is -0.980. The van der Waals surface area contributed by atoms with Crippen LogP contribution in [0.5, 0.6) is 0 Å². The second-order valence-corrected chi connectivity index (χ2v) is 6.15. The number of nitrogens with zero attached hydrogens (tertiary/aromatic N) is 2. The highest BCUT2D eigenvalue weighted by atomic mass is 32.2. The first-order chi connectivity index (χ1) is 7.25. The lowest BCUT2D eigenvalue weighted by atomic mass is 10.3. The Bertz CT molecular complexity index is 606. The topological polar surface area (TPSA) is 51.8 Å². The smallest absolute Gasteiger partial charge is 0.144 e. The van der Waals surface area contributed by atoms with Crippen molar-refractivity contribution in [2.24, 2.45) is 0 Å². The Morgan fingerprint density at radius 2 is 2.20 bits per heavy atom. The standard InChI is InChI=1S/C9H7N3S3/c1-4-6-9(14-7(4)10)15-8(12-6)5-2-13-3-11-5/h2-3H,10H2,1H3. The number of anilines is 1. The lowest BCUT2D eigenvalue weighted by molar-refractivity contribution is 1.36. The first kappa shape index (κ1) is 9.26. The molecule has 2 N–H and O–H groups in total. The van der Waals surface area contributed by atoms with Gasteiger partial charge in [0.2, 0.25) is 0 Å². The minimum absolute atomic E-state index is 0.869. The summed E-state index contributed by atoms with van der Waals surface area (Å²) >= 11 is 4.86. The predicted octanol–water partition coefficient (Wildman–Crippen LogP) is 3.37. The van der Waals surface area contributed by atoms with Gasteiger partial charge in [0.05, 0.1) is 16.0 Å². The molecule has 3 heterocycles. The maximum Gasteiger partial charge on any atom is 0.144 e. The molecule has 76 valence electrons. The quantitative estimate of drug-likeness (QED) is 0.723. The van der Waals surface area contributed by atoms with Crippen LogP contribution in [-0.4, -0.2) is 9.97 Å². The summed E-state index contributed by atoms with van der Waals surface area (Å²) in [4.78, 5) is 8.82. The van der Waals surface area contributed by atoms with E-state index < -0.39 is 0 Å². The van der Waals surface area contributed by atoms with Crippen molar-refractivity contribution in [1.82, 2.24) is 9.97 Å². The van der Waals surface area contributed by atoms with Crippen LogP contribution in [0.15, 0.2) is 10.9 Å². The Balaban J connectivity index is 2.24. The highest BCUT2D eigenvalue weighted by Crippen LogP contribution is 2.39. The van der Waals surface area contributed by atoms with Crippen molar-refractivity contribution in [1.29, 1.82) is 0 Å². The van der Waals surface area contributed by atoms with Gasteiger partial charge in [-0.1, -0.05) is 0 Å². The van der Waals surface area contributed by atoms with E-state index in [-0.39, 0.29) is 0 Å². The average Bonchev–Trinajstić information content (AvgIpc) is 2.86. The van der Waals surface area contributed by atoms with Gasteiger partial charge in [0.25, 0.3) is 0 Å². The van der Waals surface area contributed by atoms with Gasteiger partial charge < -0.3 is 5.73 Å². The molecular weight excluding hydrogens is 246 g/mol. The molecular formula is C9H7N3S3. The number of aryl methyl sites for hydroxylation is 1. The van der Waals surface area contributed by atoms with Crippen LogP contribution in [0.3, 0.4) is 0 Å². The number of hydrogen-bond acceptors (Lipinski definition) is 6. The highest BCUT2D eigenvalue weighted by molar-refractivity contribution is 7.41. The predicted molar refractivity (Wildman–Crippen MR) is 67.8 cm³/mol. The van der Waals surface area contributed by atoms with E-state index in [0.717, 1.165) is 26.8 Å². The van der Waals surface area contributed by atoms with Crippen LogP contribution >= 0.6 is 34.0 Å². The summed E-state index contributed by atoms with van der Waals surface area (Å²) in [7, 11) is 0. The number of rotatable bonds is 1. The molecule has 0 aliphatic rings. The van der Waals surface area contributed by atoms with E-state index in [1.54, 1.807) is 34.0 Å². The second-order valence-electron chi connectivity index (χ2n) is 3.12. The number of hydrogen-bond donors (Lipinski definition) is 1. The number of aromatic nitrogens is 2. The molecule has 0 aromatic carbocycles. The van der Waals surface area contributed by atoms with Crippen molar-refractivity contribution in [2.45, 2.75) is 6.92 Å². The molecule has 0 aliphatic heterocycles. The zero-order valence-electron chi connectivity index (χ0n) is 7.85. The number of thiophene rings is 1. The van der Waals surface area contributed by atoms with E-state index in [9.17, 15) is 0 Å². The lowest BCUT2D eigenvalue weighted by Crippen LogP contribution is -1.82. The molecule has 0 atom stereocenters. The number of thiazole rings is 2. The molecule has 15 heavy (non-hydrogen) atoms. The second kappa shape index (κ2) is 3.26. The van der Waals surface area contributed by atoms with Gasteiger partial charge in [0.15, 0.2) is 0 Å². The summed E-state index contributed by atoms with van der Waals surface area (Å²) in [5, 5.41) is 3.87. The van der Waals surface area contributed by atoms with Gasteiger partial charge in [0.1, 0.15) is 14.7 Å². The molecule has 3 rings (SSSR count). The van der Waals surface area contributed by atoms with Gasteiger partial charge in [0, 0.05) is 10.9 Å². The van der Waals surface area contributed by atoms with E-state index in [1.165, 1.54) is 4.01 Å². The molecule has 3 aromatic heterocycles. The molecule has 0 saturated heterocycles. The molecule has 0 aliphatic carbocycles. The Labute approximate surface area is 98.2 Å². The van der Waals surface area contributed by atoms with Crippen LogP contribution in [0.1, 0.15) is 5.56 Å². The summed E-state index contributed by atoms with van der Waals surface area (Å²) in [5.41, 5.74) is 10.8. The highest BCUT2D eigenvalue weighted by Gasteiger charge is 2.13. The number of fused-ring (bicyclic) bond motifs is 1. The minimum Gasteiger partial charge on any atom is -0.390 e. The molecule has 0 amide bonds. The van der Waals surface area contributed by atoms with Crippen LogP contribution in [0.25, 0.3) is 20.2 Å². The van der Waals surface area contributed by atoms with Crippen LogP contribution in [0.2, 0.25) is 0 Å². The molecule has 3 nitrogen and oxygen atoms in total. The molecule has 0 radical (unpaired) electrons. The molecule has 0 saturated carbocycles. The minimum atomic E-state index is 0.869. The third kappa shape index (κ3) is 1.37. The Morgan fingerprint density at radius 3 is 2.87 bits per heavy atom. The maximum atomic E-state index is 5.84. The van der Waals surface area contributed by atoms with Crippen molar-refractivity contribution >= 4 is 48.5 Å². The van der Waals surface area contributed by atoms with Crippen LogP contribution < -0.4 is 5.73 Å². The summed E-state index contributed by atoms with van der Waals surface area (Å²) in [6.45, 7) is 2.01. The molecule has 0 spiro atoms. The van der Waals surface area contributed by atoms with E-state index in [4.69, 9.17) is 5.73 Å². The molecule has 6 heteroatoms. The molecule has 3 aromatic rings. The van der Waals surface area contributed by atoms with Gasteiger partial charge in [-0.3, -0.25) is 0 Å². The monoisotopic (exact) mass is 253 g/mol. The fourth-order valence-electron chi connectivity index (χ4n) is 1.33. The van der Waals surface area contributed by atoms with Gasteiger partial charge >= 0.3 is 0 Å². The van der Waals surface area contributed by atoms with Crippen molar-refractivity contribution in [3.05, 3.63) is 16.5 Å². The number of nitrogen functional groups attached to an aromatic ring is 1. The molecule has 0 fully saturated rings. The first-order valence-electron chi connectivity index (χ1n) is 4.29. The SMILES string of the molecule is Cc1c(N)sc2sc(-c3cscn3)nc12.